The molecule has 0 unspecified atom stereocenters. The molecule has 10 nitrogen and oxygen atoms in total. The Kier molecular flexibility index (Phi) is 9.66. The van der Waals surface area contributed by atoms with Gasteiger partial charge in [0, 0.05) is 17.7 Å². The van der Waals surface area contributed by atoms with E-state index in [-0.39, 0.29) is 44.9 Å². The van der Waals surface area contributed by atoms with E-state index in [1.165, 1.54) is 60.7 Å². The number of fused-ring (bicyclic) bond motifs is 1. The smallest absolute Gasteiger partial charge is 0.343 e. The van der Waals surface area contributed by atoms with Crippen molar-refractivity contribution < 1.29 is 42.5 Å². The molecule has 258 valence electrons. The van der Waals surface area contributed by atoms with Gasteiger partial charge in [-0.3, -0.25) is 4.79 Å². The van der Waals surface area contributed by atoms with Crippen LogP contribution in [0, 0.1) is 0 Å². The van der Waals surface area contributed by atoms with Crippen LogP contribution < -0.4 is 24.4 Å². The molecule has 10 heteroatoms. The zero-order valence-corrected chi connectivity index (χ0v) is 27.6. The van der Waals surface area contributed by atoms with E-state index in [1.807, 2.05) is 0 Å². The number of hydrogen-bond donors (Lipinski definition) is 0. The molecule has 0 atom stereocenters. The van der Waals surface area contributed by atoms with E-state index in [4.69, 9.17) is 23.4 Å². The first-order valence-corrected chi connectivity index (χ1v) is 16.2. The molecule has 0 spiro atoms. The van der Waals surface area contributed by atoms with Gasteiger partial charge in [0.1, 0.15) is 22.5 Å². The molecule has 0 bridgehead atoms. The van der Waals surface area contributed by atoms with Crippen molar-refractivity contribution in [2.45, 2.75) is 0 Å². The maximum atomic E-state index is 14.0. The lowest BCUT2D eigenvalue weighted by molar-refractivity contribution is 0.0659. The van der Waals surface area contributed by atoms with E-state index in [0.717, 1.165) is 0 Å². The van der Waals surface area contributed by atoms with Crippen LogP contribution in [0.2, 0.25) is 0 Å². The number of ether oxygens (including phenoxy) is 4. The molecular formula is C43H26O10. The normalized spacial score (nSPS) is 10.6. The van der Waals surface area contributed by atoms with Crippen molar-refractivity contribution in [1.29, 1.82) is 0 Å². The van der Waals surface area contributed by atoms with Gasteiger partial charge >= 0.3 is 23.9 Å². The lowest BCUT2D eigenvalue weighted by Gasteiger charge is -2.17. The van der Waals surface area contributed by atoms with Crippen LogP contribution in [-0.4, -0.2) is 23.9 Å². The number of carbonyl (C=O) groups is 4. The van der Waals surface area contributed by atoms with Crippen molar-refractivity contribution in [2.75, 3.05) is 0 Å². The van der Waals surface area contributed by atoms with Crippen LogP contribution in [-0.2, 0) is 0 Å². The summed E-state index contributed by atoms with van der Waals surface area (Å²) in [4.78, 5) is 66.8. The van der Waals surface area contributed by atoms with Gasteiger partial charge < -0.3 is 23.4 Å². The zero-order valence-electron chi connectivity index (χ0n) is 27.6. The molecule has 7 aromatic rings. The molecule has 0 N–H and O–H groups in total. The summed E-state index contributed by atoms with van der Waals surface area (Å²) in [5.74, 6) is -4.18. The first-order valence-electron chi connectivity index (χ1n) is 16.2. The molecule has 0 radical (unpaired) electrons. The van der Waals surface area contributed by atoms with E-state index in [9.17, 15) is 24.0 Å². The van der Waals surface area contributed by atoms with Gasteiger partial charge in [0.25, 0.3) is 0 Å². The number of hydrogen-bond acceptors (Lipinski definition) is 10. The molecule has 1 heterocycles. The van der Waals surface area contributed by atoms with Gasteiger partial charge in [-0.1, -0.05) is 72.8 Å². The van der Waals surface area contributed by atoms with Crippen LogP contribution >= 0.6 is 0 Å². The van der Waals surface area contributed by atoms with Crippen LogP contribution in [0.5, 0.6) is 23.0 Å². The molecule has 53 heavy (non-hydrogen) atoms. The topological polar surface area (TPSA) is 135 Å². The third-order valence-electron chi connectivity index (χ3n) is 7.87. The first kappa shape index (κ1) is 33.9. The van der Waals surface area contributed by atoms with Crippen molar-refractivity contribution in [3.05, 3.63) is 190 Å². The van der Waals surface area contributed by atoms with E-state index in [0.29, 0.717) is 11.1 Å². The van der Waals surface area contributed by atoms with Crippen molar-refractivity contribution in [2.24, 2.45) is 0 Å². The molecule has 0 fully saturated rings. The molecule has 0 saturated heterocycles. The number of rotatable bonds is 9. The summed E-state index contributed by atoms with van der Waals surface area (Å²) in [5.41, 5.74) is 0.398. The quantitative estimate of drug-likeness (QED) is 0.107. The average molecular weight is 703 g/mol. The van der Waals surface area contributed by atoms with Crippen LogP contribution in [0.4, 0.5) is 0 Å². The summed E-state index contributed by atoms with van der Waals surface area (Å²) < 4.78 is 29.0. The van der Waals surface area contributed by atoms with E-state index < -0.39 is 40.8 Å². The Morgan fingerprint density at radius 2 is 0.849 bits per heavy atom. The molecule has 6 aromatic carbocycles. The summed E-state index contributed by atoms with van der Waals surface area (Å²) in [6.45, 7) is 0. The Hall–Kier alpha value is -7.59. The second-order valence-electron chi connectivity index (χ2n) is 11.4. The molecule has 7 rings (SSSR count). The van der Waals surface area contributed by atoms with Gasteiger partial charge in [-0.15, -0.1) is 0 Å². The molecular weight excluding hydrogens is 676 g/mol. The van der Waals surface area contributed by atoms with Crippen LogP contribution in [0.1, 0.15) is 41.4 Å². The highest BCUT2D eigenvalue weighted by atomic mass is 16.6. The number of benzene rings is 6. The van der Waals surface area contributed by atoms with Gasteiger partial charge in [0.2, 0.25) is 5.75 Å². The van der Waals surface area contributed by atoms with Gasteiger partial charge in [0.05, 0.1) is 22.3 Å². The summed E-state index contributed by atoms with van der Waals surface area (Å²) in [5, 5.41) is -0.262. The lowest BCUT2D eigenvalue weighted by atomic mass is 10.1. The second-order valence-corrected chi connectivity index (χ2v) is 11.4. The lowest BCUT2D eigenvalue weighted by Crippen LogP contribution is -2.17. The fraction of sp³-hybridized carbons (Fsp3) is 0. The molecule has 0 saturated carbocycles. The third-order valence-corrected chi connectivity index (χ3v) is 7.87. The SMILES string of the molecule is O=C(Oc1ccc(-c2cc(=O)c3c(OC(=O)c4ccccc4)c(OC(=O)c4ccccc4)c(OC(=O)c4ccccc4)cc3o2)cc1)c1ccccc1. The summed E-state index contributed by atoms with van der Waals surface area (Å²) in [6, 6.07) is 41.1. The van der Waals surface area contributed by atoms with Gasteiger partial charge in [-0.25, -0.2) is 19.2 Å². The minimum absolute atomic E-state index is 0.0816. The number of esters is 4. The highest BCUT2D eigenvalue weighted by Crippen LogP contribution is 2.44. The highest BCUT2D eigenvalue weighted by molar-refractivity contribution is 6.00. The summed E-state index contributed by atoms with van der Waals surface area (Å²) >= 11 is 0. The first-order chi connectivity index (χ1) is 25.8. The van der Waals surface area contributed by atoms with Crippen molar-refractivity contribution >= 4 is 34.8 Å². The van der Waals surface area contributed by atoms with Gasteiger partial charge in [0.15, 0.2) is 16.9 Å². The summed E-state index contributed by atoms with van der Waals surface area (Å²) in [7, 11) is 0. The van der Waals surface area contributed by atoms with Crippen molar-refractivity contribution in [3.63, 3.8) is 0 Å². The van der Waals surface area contributed by atoms with E-state index in [1.54, 1.807) is 97.1 Å². The standard InChI is InChI=1S/C43H26O10/c44-33-25-34(27-21-23-32(24-22-27)49-40(45)28-13-5-1-6-14-28)50-35-26-36(51-41(46)29-15-7-2-8-16-29)38(52-42(47)30-17-9-3-10-18-30)39(37(33)35)53-43(48)31-19-11-4-12-20-31/h1-26H. The Morgan fingerprint density at radius 3 is 1.32 bits per heavy atom. The molecule has 0 aliphatic rings. The fourth-order valence-corrected chi connectivity index (χ4v) is 5.27. The fourth-order valence-electron chi connectivity index (χ4n) is 5.27. The van der Waals surface area contributed by atoms with E-state index >= 15 is 0 Å². The average Bonchev–Trinajstić information content (AvgIpc) is 3.20. The predicted molar refractivity (Wildman–Crippen MR) is 194 cm³/mol. The van der Waals surface area contributed by atoms with Crippen LogP contribution in [0.3, 0.4) is 0 Å². The summed E-state index contributed by atoms with van der Waals surface area (Å²) in [6.07, 6.45) is 0. The Bertz CT molecular complexity index is 2510. The highest BCUT2D eigenvalue weighted by Gasteiger charge is 2.29. The minimum Gasteiger partial charge on any atom is -0.456 e. The molecule has 1 aromatic heterocycles. The Balaban J connectivity index is 1.34. The minimum atomic E-state index is -0.889. The van der Waals surface area contributed by atoms with Gasteiger partial charge in [-0.2, -0.15) is 0 Å². The largest absolute Gasteiger partial charge is 0.456 e. The molecule has 0 amide bonds. The zero-order chi connectivity index (χ0) is 36.7. The van der Waals surface area contributed by atoms with Gasteiger partial charge in [-0.05, 0) is 72.8 Å². The van der Waals surface area contributed by atoms with Crippen molar-refractivity contribution in [1.82, 2.24) is 0 Å². The number of carbonyl (C=O) groups excluding carboxylic acids is 4. The second kappa shape index (κ2) is 15.1. The Labute approximate surface area is 301 Å². The van der Waals surface area contributed by atoms with Crippen LogP contribution in [0.15, 0.2) is 167 Å². The monoisotopic (exact) mass is 702 g/mol. The van der Waals surface area contributed by atoms with Crippen molar-refractivity contribution in [3.8, 4) is 34.3 Å². The van der Waals surface area contributed by atoms with E-state index in [2.05, 4.69) is 0 Å². The maximum Gasteiger partial charge on any atom is 0.343 e. The van der Waals surface area contributed by atoms with Crippen LogP contribution in [0.25, 0.3) is 22.3 Å². The molecule has 0 aliphatic heterocycles. The molecule has 0 aliphatic carbocycles. The maximum absolute atomic E-state index is 14.0. The third kappa shape index (κ3) is 7.62. The predicted octanol–water partition coefficient (Wildman–Crippen LogP) is 8.34. The Morgan fingerprint density at radius 1 is 0.434 bits per heavy atom.